The summed E-state index contributed by atoms with van der Waals surface area (Å²) in [6, 6.07) is 16.4. The third kappa shape index (κ3) is 2.73. The van der Waals surface area contributed by atoms with Crippen LogP contribution in [-0.4, -0.2) is 16.2 Å². The van der Waals surface area contributed by atoms with Gasteiger partial charge in [0, 0.05) is 37.9 Å². The van der Waals surface area contributed by atoms with Crippen LogP contribution in [0, 0.1) is 0 Å². The van der Waals surface area contributed by atoms with Gasteiger partial charge in [0.2, 0.25) is 0 Å². The van der Waals surface area contributed by atoms with Gasteiger partial charge in [-0.25, -0.2) is 0 Å². The molecular weight excluding hydrogens is 352 g/mol. The van der Waals surface area contributed by atoms with Crippen LogP contribution in [0.25, 0.3) is 21.8 Å². The van der Waals surface area contributed by atoms with Crippen LogP contribution >= 0.6 is 23.5 Å². The predicted octanol–water partition coefficient (Wildman–Crippen LogP) is 5.56. The fourth-order valence-corrected chi connectivity index (χ4v) is 4.97. The molecule has 0 fully saturated rings. The van der Waals surface area contributed by atoms with Crippen molar-refractivity contribution in [3.05, 3.63) is 60.9 Å². The van der Waals surface area contributed by atoms with Gasteiger partial charge in [0.25, 0.3) is 0 Å². The lowest BCUT2D eigenvalue weighted by atomic mass is 10.2. The van der Waals surface area contributed by atoms with E-state index in [-0.39, 0.29) is 0 Å². The second-order valence-corrected chi connectivity index (χ2v) is 7.55. The molecule has 0 unspecified atom stereocenters. The van der Waals surface area contributed by atoms with Crippen molar-refractivity contribution in [1.82, 2.24) is 9.97 Å². The van der Waals surface area contributed by atoms with E-state index in [2.05, 4.69) is 34.4 Å². The summed E-state index contributed by atoms with van der Waals surface area (Å²) in [6.45, 7) is 0. The van der Waals surface area contributed by atoms with Crippen LogP contribution in [-0.2, 0) is 12.6 Å². The van der Waals surface area contributed by atoms with Crippen LogP contribution in [0.5, 0.6) is 0 Å². The van der Waals surface area contributed by atoms with Crippen molar-refractivity contribution in [2.75, 3.05) is 6.26 Å². The largest absolute Gasteiger partial charge is 0.777 e. The number of thioether (sulfide) groups is 1. The Morgan fingerprint density at radius 1 is 0.792 bits per heavy atom. The van der Waals surface area contributed by atoms with Crippen molar-refractivity contribution < 1.29 is 0 Å². The lowest BCUT2D eigenvalue weighted by Gasteiger charge is -2.17. The maximum absolute atomic E-state index is 5.54. The summed E-state index contributed by atoms with van der Waals surface area (Å²) >= 11 is 8.97. The molecule has 0 aliphatic rings. The first kappa shape index (κ1) is 15.7. The zero-order chi connectivity index (χ0) is 16.5. The van der Waals surface area contributed by atoms with Crippen molar-refractivity contribution in [1.29, 1.82) is 0 Å². The van der Waals surface area contributed by atoms with Gasteiger partial charge in [-0.2, -0.15) is 0 Å². The van der Waals surface area contributed by atoms with Crippen molar-refractivity contribution in [3.8, 4) is 0 Å². The maximum atomic E-state index is 5.54. The van der Waals surface area contributed by atoms with Crippen molar-refractivity contribution in [3.63, 3.8) is 0 Å². The van der Waals surface area contributed by atoms with E-state index < -0.39 is 0 Å². The van der Waals surface area contributed by atoms with Gasteiger partial charge < -0.3 is 12.6 Å². The third-order valence-electron chi connectivity index (χ3n) is 3.80. The SMILES string of the molecule is CSc1c(Sc2c([S-])cnc3ccccc23)cnc2ccccc12. The van der Waals surface area contributed by atoms with Gasteiger partial charge >= 0.3 is 0 Å². The molecule has 2 aromatic heterocycles. The summed E-state index contributed by atoms with van der Waals surface area (Å²) in [5, 5.41) is 2.27. The van der Waals surface area contributed by atoms with Crippen LogP contribution in [0.1, 0.15) is 0 Å². The number of hydrogen-bond donors (Lipinski definition) is 0. The molecule has 4 rings (SSSR count). The van der Waals surface area contributed by atoms with Crippen LogP contribution < -0.4 is 0 Å². The Hall–Kier alpha value is -1.82. The third-order valence-corrected chi connectivity index (χ3v) is 6.39. The van der Waals surface area contributed by atoms with Crippen LogP contribution in [0.15, 0.2) is 80.5 Å². The highest BCUT2D eigenvalue weighted by Gasteiger charge is 2.11. The summed E-state index contributed by atoms with van der Waals surface area (Å²) < 4.78 is 0. The summed E-state index contributed by atoms with van der Waals surface area (Å²) in [7, 11) is 0. The summed E-state index contributed by atoms with van der Waals surface area (Å²) in [5.74, 6) is 0. The second kappa shape index (κ2) is 6.59. The monoisotopic (exact) mass is 365 g/mol. The first-order chi connectivity index (χ1) is 11.8. The van der Waals surface area contributed by atoms with E-state index in [4.69, 9.17) is 12.6 Å². The smallest absolute Gasteiger partial charge is 0.0714 e. The van der Waals surface area contributed by atoms with E-state index in [0.29, 0.717) is 0 Å². The Labute approximate surface area is 154 Å². The second-order valence-electron chi connectivity index (χ2n) is 5.24. The van der Waals surface area contributed by atoms with Crippen molar-refractivity contribution >= 4 is 58.0 Å². The van der Waals surface area contributed by atoms with Gasteiger partial charge in [0.1, 0.15) is 0 Å². The van der Waals surface area contributed by atoms with E-state index in [0.717, 1.165) is 31.1 Å². The Kier molecular flexibility index (Phi) is 4.31. The molecule has 0 aliphatic carbocycles. The number of para-hydroxylation sites is 2. The lowest BCUT2D eigenvalue weighted by Crippen LogP contribution is -1.89. The molecule has 118 valence electrons. The number of aromatic nitrogens is 2. The Morgan fingerprint density at radius 3 is 2.04 bits per heavy atom. The highest BCUT2D eigenvalue weighted by molar-refractivity contribution is 8.02. The molecule has 0 atom stereocenters. The van der Waals surface area contributed by atoms with E-state index in [1.807, 2.05) is 36.5 Å². The molecule has 2 aromatic carbocycles. The standard InChI is InChI=1S/C19H14N2S3/c1-23-19-13-7-3-5-9-15(13)21-11-17(19)24-18-12-6-2-4-8-14(12)20-10-16(18)22/h2-11,22H,1H3/p-1. The Bertz CT molecular complexity index is 1050. The van der Waals surface area contributed by atoms with Crippen LogP contribution in [0.3, 0.4) is 0 Å². The number of pyridine rings is 2. The molecule has 0 bridgehead atoms. The summed E-state index contributed by atoms with van der Waals surface area (Å²) in [6.07, 6.45) is 5.82. The predicted molar refractivity (Wildman–Crippen MR) is 105 cm³/mol. The van der Waals surface area contributed by atoms with E-state index in [9.17, 15) is 0 Å². The lowest BCUT2D eigenvalue weighted by molar-refractivity contribution is 1.17. The van der Waals surface area contributed by atoms with Crippen molar-refractivity contribution in [2.24, 2.45) is 0 Å². The average molecular weight is 366 g/mol. The van der Waals surface area contributed by atoms with Gasteiger partial charge in [-0.05, 0) is 18.4 Å². The minimum Gasteiger partial charge on any atom is -0.777 e. The van der Waals surface area contributed by atoms with E-state index >= 15 is 0 Å². The molecule has 4 aromatic rings. The fraction of sp³-hybridized carbons (Fsp3) is 0.0526. The molecule has 2 nitrogen and oxygen atoms in total. The minimum absolute atomic E-state index is 0.777. The zero-order valence-electron chi connectivity index (χ0n) is 12.9. The summed E-state index contributed by atoms with van der Waals surface area (Å²) in [5.41, 5.74) is 1.98. The minimum atomic E-state index is 0.777. The number of nitrogens with zero attached hydrogens (tertiary/aromatic N) is 2. The van der Waals surface area contributed by atoms with Crippen molar-refractivity contribution in [2.45, 2.75) is 19.6 Å². The summed E-state index contributed by atoms with van der Waals surface area (Å²) in [4.78, 5) is 13.3. The normalized spacial score (nSPS) is 11.2. The van der Waals surface area contributed by atoms with Gasteiger partial charge in [-0.1, -0.05) is 48.2 Å². The van der Waals surface area contributed by atoms with Gasteiger partial charge in [0.05, 0.1) is 11.0 Å². The molecule has 0 radical (unpaired) electrons. The molecule has 0 amide bonds. The Balaban J connectivity index is 1.90. The average Bonchev–Trinajstić information content (AvgIpc) is 2.63. The maximum Gasteiger partial charge on any atom is 0.0714 e. The van der Waals surface area contributed by atoms with Gasteiger partial charge in [-0.15, -0.1) is 16.7 Å². The zero-order valence-corrected chi connectivity index (χ0v) is 15.3. The first-order valence-corrected chi connectivity index (χ1v) is 9.87. The first-order valence-electron chi connectivity index (χ1n) is 7.42. The number of fused-ring (bicyclic) bond motifs is 2. The topological polar surface area (TPSA) is 25.8 Å². The molecule has 24 heavy (non-hydrogen) atoms. The quantitative estimate of drug-likeness (QED) is 0.350. The number of hydrogen-bond acceptors (Lipinski definition) is 5. The van der Waals surface area contributed by atoms with E-state index in [1.54, 1.807) is 29.7 Å². The number of rotatable bonds is 3. The molecule has 0 saturated carbocycles. The fourth-order valence-electron chi connectivity index (χ4n) is 2.69. The molecule has 0 aliphatic heterocycles. The van der Waals surface area contributed by atoms with E-state index in [1.165, 1.54) is 10.3 Å². The highest BCUT2D eigenvalue weighted by Crippen LogP contribution is 2.41. The van der Waals surface area contributed by atoms with Crippen LogP contribution in [0.2, 0.25) is 0 Å². The molecule has 0 spiro atoms. The van der Waals surface area contributed by atoms with Gasteiger partial charge in [-0.3, -0.25) is 9.97 Å². The van der Waals surface area contributed by atoms with Gasteiger partial charge in [0.15, 0.2) is 0 Å². The highest BCUT2D eigenvalue weighted by atomic mass is 32.2. The number of benzene rings is 2. The molecule has 5 heteroatoms. The molecule has 0 saturated heterocycles. The molecule has 2 heterocycles. The molecule has 0 N–H and O–H groups in total. The Morgan fingerprint density at radius 2 is 1.38 bits per heavy atom. The van der Waals surface area contributed by atoms with Crippen LogP contribution in [0.4, 0.5) is 0 Å². The molecular formula is C19H13N2S3-.